The lowest BCUT2D eigenvalue weighted by molar-refractivity contribution is -0.159. The summed E-state index contributed by atoms with van der Waals surface area (Å²) in [5.74, 6) is -0.601. The number of amides is 1. The summed E-state index contributed by atoms with van der Waals surface area (Å²) in [6.45, 7) is 7.49. The molecule has 1 N–H and O–H groups in total. The molecule has 0 saturated carbocycles. The van der Waals surface area contributed by atoms with Crippen molar-refractivity contribution in [2.45, 2.75) is 90.3 Å². The van der Waals surface area contributed by atoms with Gasteiger partial charge in [-0.2, -0.15) is 0 Å². The first-order valence-electron chi connectivity index (χ1n) is 10.2. The van der Waals surface area contributed by atoms with Gasteiger partial charge in [-0.15, -0.1) is 0 Å². The van der Waals surface area contributed by atoms with Crippen LogP contribution in [0.15, 0.2) is 24.3 Å². The Kier molecular flexibility index (Phi) is 9.97. The highest BCUT2D eigenvalue weighted by atomic mass is 16.6. The van der Waals surface area contributed by atoms with Crippen LogP contribution in [0.3, 0.4) is 0 Å². The zero-order valence-electron chi connectivity index (χ0n) is 17.7. The molecular formula is C22H35NO5. The molecule has 0 aromatic heterocycles. The average Bonchev–Trinajstić information content (AvgIpc) is 2.57. The van der Waals surface area contributed by atoms with E-state index in [-0.39, 0.29) is 11.9 Å². The van der Waals surface area contributed by atoms with E-state index in [1.165, 1.54) is 13.0 Å². The van der Waals surface area contributed by atoms with Gasteiger partial charge in [0.05, 0.1) is 0 Å². The number of ketones is 1. The molecule has 0 radical (unpaired) electrons. The van der Waals surface area contributed by atoms with Gasteiger partial charge < -0.3 is 14.8 Å². The van der Waals surface area contributed by atoms with E-state index in [0.717, 1.165) is 44.9 Å². The van der Waals surface area contributed by atoms with Crippen molar-refractivity contribution in [3.8, 4) is 0 Å². The molecule has 6 nitrogen and oxygen atoms in total. The monoisotopic (exact) mass is 393 g/mol. The Bertz CT molecular complexity index is 588. The summed E-state index contributed by atoms with van der Waals surface area (Å²) in [4.78, 5) is 35.1. The summed E-state index contributed by atoms with van der Waals surface area (Å²) in [5, 5.41) is 2.76. The van der Waals surface area contributed by atoms with Crippen molar-refractivity contribution in [2.24, 2.45) is 0 Å². The molecule has 1 atom stereocenters. The molecule has 0 bridgehead atoms. The van der Waals surface area contributed by atoms with Crippen molar-refractivity contribution in [1.29, 1.82) is 0 Å². The van der Waals surface area contributed by atoms with E-state index in [1.807, 2.05) is 20.8 Å². The van der Waals surface area contributed by atoms with Gasteiger partial charge in [0.2, 0.25) is 5.78 Å². The van der Waals surface area contributed by atoms with Crippen molar-refractivity contribution < 1.29 is 23.9 Å². The Hall–Kier alpha value is -2.11. The number of esters is 1. The number of rotatable bonds is 11. The SMILES string of the molecule is CC(=O)OC1(CCCCCCCCCNC(=O)OC(C)(C)C)C=CC=CC1=O. The van der Waals surface area contributed by atoms with E-state index in [4.69, 9.17) is 9.47 Å². The molecule has 0 saturated heterocycles. The lowest BCUT2D eigenvalue weighted by Crippen LogP contribution is -2.41. The topological polar surface area (TPSA) is 81.7 Å². The number of allylic oxidation sites excluding steroid dienone is 2. The maximum absolute atomic E-state index is 12.2. The molecule has 158 valence electrons. The van der Waals surface area contributed by atoms with Gasteiger partial charge in [0.25, 0.3) is 0 Å². The number of hydrogen-bond acceptors (Lipinski definition) is 5. The number of carbonyl (C=O) groups is 3. The van der Waals surface area contributed by atoms with Crippen molar-refractivity contribution in [3.63, 3.8) is 0 Å². The fraction of sp³-hybridized carbons (Fsp3) is 0.682. The minimum absolute atomic E-state index is 0.164. The Labute approximate surface area is 168 Å². The van der Waals surface area contributed by atoms with E-state index in [9.17, 15) is 14.4 Å². The Balaban J connectivity index is 2.10. The second-order valence-electron chi connectivity index (χ2n) is 8.22. The van der Waals surface area contributed by atoms with E-state index in [1.54, 1.807) is 18.2 Å². The van der Waals surface area contributed by atoms with Crippen molar-refractivity contribution in [1.82, 2.24) is 5.32 Å². The molecule has 1 aliphatic carbocycles. The van der Waals surface area contributed by atoms with Gasteiger partial charge >= 0.3 is 12.1 Å². The highest BCUT2D eigenvalue weighted by Gasteiger charge is 2.37. The summed E-state index contributed by atoms with van der Waals surface area (Å²) >= 11 is 0. The fourth-order valence-corrected chi connectivity index (χ4v) is 3.08. The molecule has 0 spiro atoms. The van der Waals surface area contributed by atoms with Crippen LogP contribution >= 0.6 is 0 Å². The second kappa shape index (κ2) is 11.7. The Morgan fingerprint density at radius 2 is 1.61 bits per heavy atom. The third-order valence-corrected chi connectivity index (χ3v) is 4.36. The quantitative estimate of drug-likeness (QED) is 0.409. The minimum atomic E-state index is -1.12. The molecular weight excluding hydrogens is 358 g/mol. The molecule has 1 aliphatic rings. The van der Waals surface area contributed by atoms with Crippen molar-refractivity contribution in [2.75, 3.05) is 6.54 Å². The normalized spacial score (nSPS) is 18.8. The van der Waals surface area contributed by atoms with E-state index in [2.05, 4.69) is 5.32 Å². The molecule has 1 rings (SSSR count). The predicted octanol–water partition coefficient (Wildman–Crippen LogP) is 4.63. The van der Waals surface area contributed by atoms with E-state index in [0.29, 0.717) is 13.0 Å². The molecule has 0 fully saturated rings. The van der Waals surface area contributed by atoms with Crippen LogP contribution in [0.2, 0.25) is 0 Å². The number of alkyl carbamates (subject to hydrolysis) is 1. The number of hydrogen-bond donors (Lipinski definition) is 1. The summed E-state index contributed by atoms with van der Waals surface area (Å²) in [7, 11) is 0. The van der Waals surface area contributed by atoms with Crippen LogP contribution in [-0.2, 0) is 19.1 Å². The average molecular weight is 394 g/mol. The van der Waals surface area contributed by atoms with Gasteiger partial charge in [0.1, 0.15) is 5.60 Å². The summed E-state index contributed by atoms with van der Waals surface area (Å²) < 4.78 is 10.5. The highest BCUT2D eigenvalue weighted by Crippen LogP contribution is 2.27. The van der Waals surface area contributed by atoms with Gasteiger partial charge in [-0.25, -0.2) is 4.79 Å². The third kappa shape index (κ3) is 9.72. The molecule has 28 heavy (non-hydrogen) atoms. The van der Waals surface area contributed by atoms with Crippen molar-refractivity contribution >= 4 is 17.8 Å². The zero-order valence-corrected chi connectivity index (χ0v) is 17.7. The molecule has 0 heterocycles. The van der Waals surface area contributed by atoms with Gasteiger partial charge in [-0.05, 0) is 52.2 Å². The van der Waals surface area contributed by atoms with Crippen LogP contribution in [0.1, 0.15) is 79.1 Å². The van der Waals surface area contributed by atoms with Crippen LogP contribution < -0.4 is 5.32 Å². The fourth-order valence-electron chi connectivity index (χ4n) is 3.08. The minimum Gasteiger partial charge on any atom is -0.447 e. The Morgan fingerprint density at radius 1 is 1.00 bits per heavy atom. The van der Waals surface area contributed by atoms with Crippen LogP contribution in [0.5, 0.6) is 0 Å². The standard InChI is InChI=1S/C22H35NO5/c1-18(24)27-22(16-12-10-14-19(22)25)15-11-8-6-5-7-9-13-17-23-20(26)28-21(2,3)4/h10,12,14,16H,5-9,11,13,15,17H2,1-4H3,(H,23,26). The van der Waals surface area contributed by atoms with Gasteiger partial charge in [-0.3, -0.25) is 9.59 Å². The predicted molar refractivity (Wildman–Crippen MR) is 109 cm³/mol. The molecule has 1 amide bonds. The van der Waals surface area contributed by atoms with Gasteiger partial charge in [0, 0.05) is 13.5 Å². The molecule has 1 unspecified atom stereocenters. The highest BCUT2D eigenvalue weighted by molar-refractivity contribution is 6.01. The largest absolute Gasteiger partial charge is 0.447 e. The van der Waals surface area contributed by atoms with E-state index >= 15 is 0 Å². The van der Waals surface area contributed by atoms with E-state index < -0.39 is 17.2 Å². The van der Waals surface area contributed by atoms with Crippen LogP contribution in [0, 0.1) is 0 Å². The Morgan fingerprint density at radius 3 is 2.18 bits per heavy atom. The molecule has 6 heteroatoms. The molecule has 0 aromatic rings. The van der Waals surface area contributed by atoms with Crippen molar-refractivity contribution in [3.05, 3.63) is 24.3 Å². The summed E-state index contributed by atoms with van der Waals surface area (Å²) in [5.41, 5.74) is -1.58. The maximum Gasteiger partial charge on any atom is 0.407 e. The third-order valence-electron chi connectivity index (χ3n) is 4.36. The van der Waals surface area contributed by atoms with Gasteiger partial charge in [0.15, 0.2) is 5.60 Å². The lowest BCUT2D eigenvalue weighted by atomic mass is 9.87. The second-order valence-corrected chi connectivity index (χ2v) is 8.22. The first-order chi connectivity index (χ1) is 13.1. The molecule has 0 aromatic carbocycles. The van der Waals surface area contributed by atoms with Gasteiger partial charge in [-0.1, -0.05) is 44.3 Å². The summed E-state index contributed by atoms with van der Waals surface area (Å²) in [6.07, 6.45) is 13.8. The molecule has 0 aliphatic heterocycles. The number of carbonyl (C=O) groups excluding carboxylic acids is 3. The zero-order chi connectivity index (χ0) is 21.0. The van der Waals surface area contributed by atoms with Crippen LogP contribution in [-0.4, -0.2) is 35.6 Å². The maximum atomic E-state index is 12.2. The summed E-state index contributed by atoms with van der Waals surface area (Å²) in [6, 6.07) is 0. The first-order valence-corrected chi connectivity index (χ1v) is 10.2. The number of ether oxygens (including phenoxy) is 2. The number of unbranched alkanes of at least 4 members (excludes halogenated alkanes) is 6. The van der Waals surface area contributed by atoms with Crippen LogP contribution in [0.4, 0.5) is 4.79 Å². The smallest absolute Gasteiger partial charge is 0.407 e. The van der Waals surface area contributed by atoms with Crippen LogP contribution in [0.25, 0.3) is 0 Å². The first kappa shape index (κ1) is 23.9. The lowest BCUT2D eigenvalue weighted by Gasteiger charge is -2.29. The number of nitrogens with one attached hydrogen (secondary N) is 1.